The Kier molecular flexibility index (Phi) is 7.90. The number of carbonyl (C=O) groups excluding carboxylic acids is 1. The highest BCUT2D eigenvalue weighted by atomic mass is 32.2. The molecule has 0 radical (unpaired) electrons. The van der Waals surface area contributed by atoms with E-state index < -0.39 is 0 Å². The van der Waals surface area contributed by atoms with Gasteiger partial charge >= 0.3 is 0 Å². The lowest BCUT2D eigenvalue weighted by Gasteiger charge is -2.18. The fourth-order valence-electron chi connectivity index (χ4n) is 4.05. The molecule has 0 unspecified atom stereocenters. The maximum absolute atomic E-state index is 12.8. The molecule has 1 aliphatic heterocycles. The first kappa shape index (κ1) is 24.3. The van der Waals surface area contributed by atoms with E-state index >= 15 is 0 Å². The predicted molar refractivity (Wildman–Crippen MR) is 135 cm³/mol. The molecule has 0 aliphatic carbocycles. The van der Waals surface area contributed by atoms with Crippen molar-refractivity contribution in [1.29, 1.82) is 0 Å². The van der Waals surface area contributed by atoms with Crippen LogP contribution in [0.15, 0.2) is 53.7 Å². The van der Waals surface area contributed by atoms with E-state index in [2.05, 4.69) is 46.1 Å². The number of amides is 1. The number of hydrogen-bond donors (Lipinski definition) is 1. The second-order valence-electron chi connectivity index (χ2n) is 8.72. The Hall–Kier alpha value is -2.84. The molecule has 7 nitrogen and oxygen atoms in total. The van der Waals surface area contributed by atoms with Crippen molar-refractivity contribution in [3.63, 3.8) is 0 Å². The molecule has 3 aromatic rings. The molecule has 1 saturated heterocycles. The summed E-state index contributed by atoms with van der Waals surface area (Å²) in [6.45, 7) is 7.56. The summed E-state index contributed by atoms with van der Waals surface area (Å²) >= 11 is 1.41. The Morgan fingerprint density at radius 3 is 2.62 bits per heavy atom. The molecule has 1 N–H and O–H groups in total. The van der Waals surface area contributed by atoms with Crippen molar-refractivity contribution in [2.75, 3.05) is 20.3 Å². The van der Waals surface area contributed by atoms with Crippen LogP contribution in [0.5, 0.6) is 5.75 Å². The summed E-state index contributed by atoms with van der Waals surface area (Å²) in [5.41, 5.74) is 3.13. The van der Waals surface area contributed by atoms with E-state index in [0.29, 0.717) is 17.6 Å². The van der Waals surface area contributed by atoms with Crippen molar-refractivity contribution in [2.45, 2.75) is 56.0 Å². The molecular formula is C26H32N4O3S. The van der Waals surface area contributed by atoms with Crippen LogP contribution in [0.4, 0.5) is 0 Å². The van der Waals surface area contributed by atoms with Crippen LogP contribution in [-0.2, 0) is 9.53 Å². The van der Waals surface area contributed by atoms with Gasteiger partial charge in [-0.3, -0.25) is 9.36 Å². The van der Waals surface area contributed by atoms with Gasteiger partial charge in [0, 0.05) is 18.7 Å². The molecule has 180 valence electrons. The molecule has 2 heterocycles. The number of nitrogens with zero attached hydrogens (tertiary/aromatic N) is 3. The monoisotopic (exact) mass is 480 g/mol. The summed E-state index contributed by atoms with van der Waals surface area (Å²) in [6, 6.07) is 16.1. The largest absolute Gasteiger partial charge is 0.497 e. The van der Waals surface area contributed by atoms with Gasteiger partial charge in [0.25, 0.3) is 0 Å². The predicted octanol–water partition coefficient (Wildman–Crippen LogP) is 4.84. The van der Waals surface area contributed by atoms with Crippen LogP contribution in [0.25, 0.3) is 17.1 Å². The van der Waals surface area contributed by atoms with E-state index in [0.717, 1.165) is 42.3 Å². The second kappa shape index (κ2) is 11.1. The summed E-state index contributed by atoms with van der Waals surface area (Å²) in [4.78, 5) is 12.8. The molecule has 8 heteroatoms. The van der Waals surface area contributed by atoms with Crippen LogP contribution in [-0.4, -0.2) is 52.3 Å². The first-order chi connectivity index (χ1) is 16.5. The van der Waals surface area contributed by atoms with Gasteiger partial charge in [-0.15, -0.1) is 10.2 Å². The SMILES string of the molecule is COc1ccc(-c2nnc(S[C@@H](C)C(=O)NC[C@H]3CCCO3)n2-c2ccccc2C(C)C)cc1. The van der Waals surface area contributed by atoms with Crippen molar-refractivity contribution in [3.8, 4) is 22.8 Å². The van der Waals surface area contributed by atoms with Crippen molar-refractivity contribution < 1.29 is 14.3 Å². The first-order valence-corrected chi connectivity index (χ1v) is 12.6. The van der Waals surface area contributed by atoms with Crippen molar-refractivity contribution in [1.82, 2.24) is 20.1 Å². The van der Waals surface area contributed by atoms with Gasteiger partial charge < -0.3 is 14.8 Å². The fraction of sp³-hybridized carbons (Fsp3) is 0.423. The molecule has 0 bridgehead atoms. The molecule has 2 aromatic carbocycles. The average molecular weight is 481 g/mol. The minimum absolute atomic E-state index is 0.0295. The third-order valence-corrected chi connectivity index (χ3v) is 7.00. The van der Waals surface area contributed by atoms with Crippen LogP contribution in [0.3, 0.4) is 0 Å². The van der Waals surface area contributed by atoms with Crippen LogP contribution in [0, 0.1) is 0 Å². The number of hydrogen-bond acceptors (Lipinski definition) is 6. The number of aromatic nitrogens is 3. The summed E-state index contributed by atoms with van der Waals surface area (Å²) in [5, 5.41) is 12.4. The lowest BCUT2D eigenvalue weighted by Crippen LogP contribution is -2.36. The van der Waals surface area contributed by atoms with E-state index in [1.54, 1.807) is 7.11 Å². The average Bonchev–Trinajstić information content (AvgIpc) is 3.52. The molecule has 4 rings (SSSR count). The van der Waals surface area contributed by atoms with Crippen LogP contribution >= 0.6 is 11.8 Å². The highest BCUT2D eigenvalue weighted by Gasteiger charge is 2.24. The number of methoxy groups -OCH3 is 1. The first-order valence-electron chi connectivity index (χ1n) is 11.7. The van der Waals surface area contributed by atoms with E-state index in [1.165, 1.54) is 17.3 Å². The highest BCUT2D eigenvalue weighted by Crippen LogP contribution is 2.34. The minimum atomic E-state index is -0.334. The molecule has 1 fully saturated rings. The van der Waals surface area contributed by atoms with Crippen molar-refractivity contribution in [2.24, 2.45) is 0 Å². The van der Waals surface area contributed by atoms with Gasteiger partial charge in [-0.2, -0.15) is 0 Å². The maximum Gasteiger partial charge on any atom is 0.233 e. The van der Waals surface area contributed by atoms with E-state index in [-0.39, 0.29) is 17.3 Å². The lowest BCUT2D eigenvalue weighted by molar-refractivity contribution is -0.120. The molecular weight excluding hydrogens is 448 g/mol. The summed E-state index contributed by atoms with van der Waals surface area (Å²) in [7, 11) is 1.65. The van der Waals surface area contributed by atoms with Gasteiger partial charge in [0.05, 0.1) is 24.2 Å². The number of ether oxygens (including phenoxy) is 2. The number of rotatable bonds is 9. The molecule has 0 spiro atoms. The van der Waals surface area contributed by atoms with Crippen LogP contribution in [0.2, 0.25) is 0 Å². The fourth-order valence-corrected chi connectivity index (χ4v) is 4.93. The van der Waals surface area contributed by atoms with Gasteiger partial charge in [-0.25, -0.2) is 0 Å². The number of benzene rings is 2. The zero-order valence-corrected chi connectivity index (χ0v) is 21.0. The molecule has 1 aromatic heterocycles. The summed E-state index contributed by atoms with van der Waals surface area (Å²) in [5.74, 6) is 1.79. The Labute approximate surface area is 205 Å². The summed E-state index contributed by atoms with van der Waals surface area (Å²) < 4.78 is 13.0. The Morgan fingerprint density at radius 1 is 1.18 bits per heavy atom. The number of thioether (sulfide) groups is 1. The third kappa shape index (κ3) is 5.45. The van der Waals surface area contributed by atoms with Crippen molar-refractivity contribution in [3.05, 3.63) is 54.1 Å². The molecule has 1 amide bonds. The molecule has 34 heavy (non-hydrogen) atoms. The number of nitrogens with one attached hydrogen (secondary N) is 1. The normalized spacial score (nSPS) is 16.6. The van der Waals surface area contributed by atoms with E-state index in [9.17, 15) is 4.79 Å². The van der Waals surface area contributed by atoms with Gasteiger partial charge in [0.2, 0.25) is 5.91 Å². The van der Waals surface area contributed by atoms with E-state index in [1.807, 2.05) is 43.3 Å². The Morgan fingerprint density at radius 2 is 1.94 bits per heavy atom. The quantitative estimate of drug-likeness (QED) is 0.442. The van der Waals surface area contributed by atoms with E-state index in [4.69, 9.17) is 9.47 Å². The Balaban J connectivity index is 1.65. The van der Waals surface area contributed by atoms with Crippen LogP contribution < -0.4 is 10.1 Å². The third-order valence-electron chi connectivity index (χ3n) is 5.96. The summed E-state index contributed by atoms with van der Waals surface area (Å²) in [6.07, 6.45) is 2.16. The zero-order valence-electron chi connectivity index (χ0n) is 20.2. The topological polar surface area (TPSA) is 78.3 Å². The van der Waals surface area contributed by atoms with Gasteiger partial charge in [-0.05, 0) is 61.6 Å². The standard InChI is InChI=1S/C26H32N4O3S/c1-17(2)22-9-5-6-10-23(22)30-24(19-11-13-20(32-4)14-12-19)28-29-26(30)34-18(3)25(31)27-16-21-8-7-15-33-21/h5-6,9-14,17-18,21H,7-8,15-16H2,1-4H3,(H,27,31)/t18-,21+/m0/s1. The molecule has 1 aliphatic rings. The highest BCUT2D eigenvalue weighted by molar-refractivity contribution is 8.00. The molecule has 0 saturated carbocycles. The second-order valence-corrected chi connectivity index (χ2v) is 10.0. The maximum atomic E-state index is 12.8. The zero-order chi connectivity index (χ0) is 24.1. The Bertz CT molecular complexity index is 1110. The van der Waals surface area contributed by atoms with Gasteiger partial charge in [0.1, 0.15) is 5.75 Å². The minimum Gasteiger partial charge on any atom is -0.497 e. The number of para-hydroxylation sites is 1. The number of carbonyl (C=O) groups is 1. The van der Waals surface area contributed by atoms with Crippen molar-refractivity contribution >= 4 is 17.7 Å². The van der Waals surface area contributed by atoms with Crippen LogP contribution in [0.1, 0.15) is 45.1 Å². The van der Waals surface area contributed by atoms with Gasteiger partial charge in [0.15, 0.2) is 11.0 Å². The van der Waals surface area contributed by atoms with Gasteiger partial charge in [-0.1, -0.05) is 43.8 Å². The molecule has 2 atom stereocenters. The lowest BCUT2D eigenvalue weighted by atomic mass is 10.0. The smallest absolute Gasteiger partial charge is 0.233 e.